The summed E-state index contributed by atoms with van der Waals surface area (Å²) in [6.07, 6.45) is 8.25. The van der Waals surface area contributed by atoms with Gasteiger partial charge in [0.15, 0.2) is 5.65 Å². The normalized spacial score (nSPS) is 12.5. The predicted octanol–water partition coefficient (Wildman–Crippen LogP) is 2.77. The fourth-order valence-corrected chi connectivity index (χ4v) is 2.70. The highest BCUT2D eigenvalue weighted by molar-refractivity contribution is 6.03. The van der Waals surface area contributed by atoms with Crippen LogP contribution in [0.3, 0.4) is 0 Å². The van der Waals surface area contributed by atoms with Gasteiger partial charge in [-0.3, -0.25) is 4.79 Å². The third-order valence-electron chi connectivity index (χ3n) is 4.21. The molecule has 0 aliphatic carbocycles. The Balaban J connectivity index is 1.50. The second-order valence-electron chi connectivity index (χ2n) is 6.00. The molecular weight excluding hydrogens is 326 g/mol. The first kappa shape index (κ1) is 17.8. The largest absolute Gasteiger partial charge is 0.350 e. The molecule has 1 amide bonds. The van der Waals surface area contributed by atoms with Gasteiger partial charge < -0.3 is 15.6 Å². The first-order valence-electron chi connectivity index (χ1n) is 8.79. The van der Waals surface area contributed by atoms with E-state index in [1.807, 2.05) is 18.2 Å². The molecule has 3 N–H and O–H groups in total. The van der Waals surface area contributed by atoms with Gasteiger partial charge in [-0.25, -0.2) is 9.97 Å². The van der Waals surface area contributed by atoms with Crippen LogP contribution in [0.15, 0.2) is 55.0 Å². The second-order valence-corrected chi connectivity index (χ2v) is 6.00. The van der Waals surface area contributed by atoms with Crippen molar-refractivity contribution in [1.29, 1.82) is 0 Å². The number of aromatic nitrogens is 3. The summed E-state index contributed by atoms with van der Waals surface area (Å²) in [6.45, 7) is 3.42. The number of H-pyrrole nitrogens is 1. The molecule has 3 aromatic rings. The molecule has 1 unspecified atom stereocenters. The molecule has 0 aliphatic rings. The third-order valence-corrected chi connectivity index (χ3v) is 4.21. The summed E-state index contributed by atoms with van der Waals surface area (Å²) < 4.78 is 0. The standard InChI is InChI=1S/C20H23N5O/c1-2-16(21-11-6-9-15-7-4-3-5-8-15)13-23-20(26)17-10-12-22-19-18(17)24-14-25-19/h3-10,12,14,16,21H,2,11,13H2,1H3,(H,23,26)(H,22,24,25)/b9-6+. The van der Waals surface area contributed by atoms with E-state index in [4.69, 9.17) is 0 Å². The number of imidazole rings is 1. The molecule has 0 aliphatic heterocycles. The summed E-state index contributed by atoms with van der Waals surface area (Å²) in [7, 11) is 0. The number of pyridine rings is 1. The van der Waals surface area contributed by atoms with Crippen LogP contribution < -0.4 is 10.6 Å². The summed E-state index contributed by atoms with van der Waals surface area (Å²) in [5.74, 6) is -0.123. The van der Waals surface area contributed by atoms with Crippen molar-refractivity contribution in [3.05, 3.63) is 66.1 Å². The van der Waals surface area contributed by atoms with E-state index in [9.17, 15) is 4.79 Å². The van der Waals surface area contributed by atoms with Gasteiger partial charge in [-0.1, -0.05) is 49.4 Å². The zero-order chi connectivity index (χ0) is 18.2. The molecule has 0 fully saturated rings. The van der Waals surface area contributed by atoms with Crippen molar-refractivity contribution in [3.63, 3.8) is 0 Å². The van der Waals surface area contributed by atoms with Crippen molar-refractivity contribution in [1.82, 2.24) is 25.6 Å². The summed E-state index contributed by atoms with van der Waals surface area (Å²) in [4.78, 5) is 23.6. The van der Waals surface area contributed by atoms with E-state index in [1.54, 1.807) is 18.6 Å². The predicted molar refractivity (Wildman–Crippen MR) is 104 cm³/mol. The van der Waals surface area contributed by atoms with E-state index in [0.717, 1.165) is 13.0 Å². The SMILES string of the molecule is CCC(CNC(=O)c1ccnc2nc[nH]c12)NC/C=C/c1ccccc1. The zero-order valence-corrected chi connectivity index (χ0v) is 14.8. The monoisotopic (exact) mass is 349 g/mol. The van der Waals surface area contributed by atoms with Crippen LogP contribution in [-0.4, -0.2) is 40.0 Å². The van der Waals surface area contributed by atoms with Crippen molar-refractivity contribution in [3.8, 4) is 0 Å². The molecule has 26 heavy (non-hydrogen) atoms. The Labute approximate surface area is 152 Å². The second kappa shape index (κ2) is 8.92. The lowest BCUT2D eigenvalue weighted by Crippen LogP contribution is -2.40. The first-order chi connectivity index (χ1) is 12.8. The number of hydrogen-bond acceptors (Lipinski definition) is 4. The van der Waals surface area contributed by atoms with E-state index >= 15 is 0 Å². The van der Waals surface area contributed by atoms with Crippen LogP contribution in [0.4, 0.5) is 0 Å². The van der Waals surface area contributed by atoms with Gasteiger partial charge in [0.25, 0.3) is 5.91 Å². The molecule has 134 valence electrons. The van der Waals surface area contributed by atoms with E-state index in [-0.39, 0.29) is 11.9 Å². The van der Waals surface area contributed by atoms with Gasteiger partial charge in [0, 0.05) is 25.3 Å². The minimum absolute atomic E-state index is 0.123. The number of fused-ring (bicyclic) bond motifs is 1. The number of aromatic amines is 1. The van der Waals surface area contributed by atoms with Crippen molar-refractivity contribution in [2.45, 2.75) is 19.4 Å². The van der Waals surface area contributed by atoms with E-state index in [0.29, 0.717) is 23.3 Å². The lowest BCUT2D eigenvalue weighted by Gasteiger charge is -2.16. The van der Waals surface area contributed by atoms with E-state index in [1.165, 1.54) is 5.56 Å². The first-order valence-corrected chi connectivity index (χ1v) is 8.79. The maximum absolute atomic E-state index is 12.5. The van der Waals surface area contributed by atoms with Crippen molar-refractivity contribution >= 4 is 23.1 Å². The van der Waals surface area contributed by atoms with Gasteiger partial charge in [0.1, 0.15) is 0 Å². The van der Waals surface area contributed by atoms with Crippen LogP contribution >= 0.6 is 0 Å². The quantitative estimate of drug-likeness (QED) is 0.584. The number of carbonyl (C=O) groups is 1. The Morgan fingerprint density at radius 3 is 2.88 bits per heavy atom. The summed E-state index contributed by atoms with van der Waals surface area (Å²) in [5, 5.41) is 6.43. The van der Waals surface area contributed by atoms with Crippen LogP contribution in [0, 0.1) is 0 Å². The Morgan fingerprint density at radius 2 is 2.08 bits per heavy atom. The molecule has 0 saturated heterocycles. The Morgan fingerprint density at radius 1 is 1.23 bits per heavy atom. The maximum Gasteiger partial charge on any atom is 0.253 e. The average Bonchev–Trinajstić information content (AvgIpc) is 3.17. The number of hydrogen-bond donors (Lipinski definition) is 3. The highest BCUT2D eigenvalue weighted by atomic mass is 16.1. The molecule has 6 heteroatoms. The Bertz CT molecular complexity index is 872. The van der Waals surface area contributed by atoms with Gasteiger partial charge >= 0.3 is 0 Å². The van der Waals surface area contributed by atoms with Crippen molar-refractivity contribution in [2.75, 3.05) is 13.1 Å². The van der Waals surface area contributed by atoms with E-state index in [2.05, 4.69) is 56.8 Å². The van der Waals surface area contributed by atoms with Gasteiger partial charge in [-0.2, -0.15) is 0 Å². The Kier molecular flexibility index (Phi) is 6.11. The summed E-state index contributed by atoms with van der Waals surface area (Å²) in [6, 6.07) is 12.1. The zero-order valence-electron chi connectivity index (χ0n) is 14.8. The smallest absolute Gasteiger partial charge is 0.253 e. The van der Waals surface area contributed by atoms with Crippen molar-refractivity contribution < 1.29 is 4.79 Å². The van der Waals surface area contributed by atoms with Crippen LogP contribution in [-0.2, 0) is 0 Å². The number of rotatable bonds is 8. The molecule has 3 rings (SSSR count). The van der Waals surface area contributed by atoms with Crippen LogP contribution in [0.5, 0.6) is 0 Å². The minimum Gasteiger partial charge on any atom is -0.350 e. The van der Waals surface area contributed by atoms with Crippen LogP contribution in [0.25, 0.3) is 17.2 Å². The van der Waals surface area contributed by atoms with Gasteiger partial charge in [0.2, 0.25) is 0 Å². The van der Waals surface area contributed by atoms with Crippen LogP contribution in [0.1, 0.15) is 29.3 Å². The Hall–Kier alpha value is -2.99. The maximum atomic E-state index is 12.5. The van der Waals surface area contributed by atoms with E-state index < -0.39 is 0 Å². The molecule has 1 aromatic carbocycles. The number of nitrogens with zero attached hydrogens (tertiary/aromatic N) is 2. The van der Waals surface area contributed by atoms with Gasteiger partial charge in [0.05, 0.1) is 17.4 Å². The minimum atomic E-state index is -0.123. The summed E-state index contributed by atoms with van der Waals surface area (Å²) >= 11 is 0. The molecular formula is C20H23N5O. The highest BCUT2D eigenvalue weighted by Crippen LogP contribution is 2.11. The topological polar surface area (TPSA) is 82.7 Å². The number of carbonyl (C=O) groups excluding carboxylic acids is 1. The fraction of sp³-hybridized carbons (Fsp3) is 0.250. The number of nitrogens with one attached hydrogen (secondary N) is 3. The van der Waals surface area contributed by atoms with Gasteiger partial charge in [-0.15, -0.1) is 0 Å². The fourth-order valence-electron chi connectivity index (χ4n) is 2.70. The molecule has 0 saturated carbocycles. The molecule has 1 atom stereocenters. The lowest BCUT2D eigenvalue weighted by molar-refractivity contribution is 0.0951. The molecule has 0 spiro atoms. The molecule has 2 aromatic heterocycles. The number of amides is 1. The number of benzene rings is 1. The van der Waals surface area contributed by atoms with Gasteiger partial charge in [-0.05, 0) is 18.1 Å². The molecule has 0 bridgehead atoms. The molecule has 2 heterocycles. The lowest BCUT2D eigenvalue weighted by atomic mass is 10.2. The molecule has 0 radical (unpaired) electrons. The summed E-state index contributed by atoms with van der Waals surface area (Å²) in [5.41, 5.74) is 2.95. The average molecular weight is 349 g/mol. The van der Waals surface area contributed by atoms with Crippen LogP contribution in [0.2, 0.25) is 0 Å². The molecule has 6 nitrogen and oxygen atoms in total. The third kappa shape index (κ3) is 4.55. The highest BCUT2D eigenvalue weighted by Gasteiger charge is 2.13. The van der Waals surface area contributed by atoms with Crippen molar-refractivity contribution in [2.24, 2.45) is 0 Å².